The molecular weight excluding hydrogens is 294 g/mol. The normalized spacial score (nSPS) is 22.8. The molecule has 2 aromatic rings. The van der Waals surface area contributed by atoms with Gasteiger partial charge in [-0.2, -0.15) is 9.97 Å². The van der Waals surface area contributed by atoms with E-state index in [9.17, 15) is 0 Å². The fraction of sp³-hybridized carbons (Fsp3) is 0.750. The summed E-state index contributed by atoms with van der Waals surface area (Å²) in [7, 11) is 0. The Hall–Kier alpha value is -1.76. The molecule has 1 saturated carbocycles. The lowest BCUT2D eigenvalue weighted by molar-refractivity contribution is 0.188. The van der Waals surface area contributed by atoms with E-state index in [1.807, 2.05) is 0 Å². The van der Waals surface area contributed by atoms with Crippen LogP contribution in [0.25, 0.3) is 0 Å². The highest BCUT2D eigenvalue weighted by molar-refractivity contribution is 5.05. The first-order valence-corrected chi connectivity index (χ1v) is 8.57. The molecule has 2 aliphatic rings. The van der Waals surface area contributed by atoms with E-state index in [-0.39, 0.29) is 5.92 Å². The number of piperidine rings is 1. The van der Waals surface area contributed by atoms with Crippen LogP contribution >= 0.6 is 0 Å². The van der Waals surface area contributed by atoms with Gasteiger partial charge in [-0.25, -0.2) is 0 Å². The molecule has 23 heavy (non-hydrogen) atoms. The Morgan fingerprint density at radius 2 is 1.96 bits per heavy atom. The lowest BCUT2D eigenvalue weighted by atomic mass is 9.97. The average molecular weight is 317 g/mol. The maximum absolute atomic E-state index is 5.41. The van der Waals surface area contributed by atoms with Gasteiger partial charge in [0.25, 0.3) is 0 Å². The van der Waals surface area contributed by atoms with E-state index in [2.05, 4.69) is 39.0 Å². The third-order valence-corrected chi connectivity index (χ3v) is 4.60. The number of aromatic nitrogens is 4. The number of hydrogen-bond acceptors (Lipinski definition) is 7. The molecule has 1 saturated heterocycles. The van der Waals surface area contributed by atoms with Gasteiger partial charge in [-0.1, -0.05) is 24.2 Å². The van der Waals surface area contributed by atoms with Crippen molar-refractivity contribution in [1.29, 1.82) is 0 Å². The predicted octanol–water partition coefficient (Wildman–Crippen LogP) is 2.83. The molecule has 7 heteroatoms. The molecule has 1 aliphatic carbocycles. The van der Waals surface area contributed by atoms with Gasteiger partial charge >= 0.3 is 0 Å². The van der Waals surface area contributed by atoms with Crippen molar-refractivity contribution in [1.82, 2.24) is 25.2 Å². The first-order valence-electron chi connectivity index (χ1n) is 8.57. The second kappa shape index (κ2) is 6.03. The van der Waals surface area contributed by atoms with Gasteiger partial charge < -0.3 is 9.05 Å². The largest absolute Gasteiger partial charge is 0.339 e. The zero-order valence-corrected chi connectivity index (χ0v) is 13.7. The Morgan fingerprint density at radius 1 is 1.09 bits per heavy atom. The topological polar surface area (TPSA) is 81.1 Å². The minimum atomic E-state index is 0.269. The molecule has 4 rings (SSSR count). The molecule has 7 nitrogen and oxygen atoms in total. The van der Waals surface area contributed by atoms with Gasteiger partial charge in [0.15, 0.2) is 11.6 Å². The Morgan fingerprint density at radius 3 is 2.70 bits per heavy atom. The standard InChI is InChI=1S/C16H23N5O2/c1-10(2)15-17-13(19-22-15)9-21-7-3-4-12(8-21)14-18-16(23-20-14)11-5-6-11/h10-12H,3-9H2,1-2H3/t12-/m0/s1. The molecule has 0 unspecified atom stereocenters. The minimum absolute atomic E-state index is 0.269. The fourth-order valence-corrected chi connectivity index (χ4v) is 3.09. The monoisotopic (exact) mass is 317 g/mol. The van der Waals surface area contributed by atoms with Gasteiger partial charge in [0.05, 0.1) is 6.54 Å². The van der Waals surface area contributed by atoms with Gasteiger partial charge in [0.2, 0.25) is 11.8 Å². The van der Waals surface area contributed by atoms with E-state index in [0.717, 1.165) is 50.0 Å². The molecule has 0 aromatic carbocycles. The summed E-state index contributed by atoms with van der Waals surface area (Å²) in [5, 5.41) is 8.29. The molecule has 124 valence electrons. The molecule has 1 atom stereocenters. The molecule has 0 spiro atoms. The van der Waals surface area contributed by atoms with Crippen LogP contribution in [0, 0.1) is 0 Å². The third kappa shape index (κ3) is 3.29. The van der Waals surface area contributed by atoms with Crippen LogP contribution in [0.2, 0.25) is 0 Å². The molecule has 1 aliphatic heterocycles. The van der Waals surface area contributed by atoms with Crippen LogP contribution in [0.4, 0.5) is 0 Å². The average Bonchev–Trinajstić information content (AvgIpc) is 3.09. The summed E-state index contributed by atoms with van der Waals surface area (Å²) >= 11 is 0. The van der Waals surface area contributed by atoms with E-state index in [1.165, 1.54) is 12.8 Å². The van der Waals surface area contributed by atoms with Crippen LogP contribution in [0.1, 0.15) is 80.7 Å². The van der Waals surface area contributed by atoms with Crippen LogP contribution in [-0.2, 0) is 6.54 Å². The molecule has 0 radical (unpaired) electrons. The highest BCUT2D eigenvalue weighted by Crippen LogP contribution is 2.39. The number of likely N-dealkylation sites (tertiary alicyclic amines) is 1. The SMILES string of the molecule is CC(C)c1nc(CN2CCC[C@H](c3noc(C4CC4)n3)C2)no1. The molecular formula is C16H23N5O2. The Kier molecular flexibility index (Phi) is 3.88. The molecule has 2 aromatic heterocycles. The number of hydrogen-bond donors (Lipinski definition) is 0. The number of rotatable bonds is 5. The highest BCUT2D eigenvalue weighted by Gasteiger charge is 2.32. The first-order chi connectivity index (χ1) is 11.2. The van der Waals surface area contributed by atoms with Crippen LogP contribution in [0.15, 0.2) is 9.05 Å². The van der Waals surface area contributed by atoms with Crippen molar-refractivity contribution in [3.05, 3.63) is 23.4 Å². The number of nitrogens with zero attached hydrogens (tertiary/aromatic N) is 5. The fourth-order valence-electron chi connectivity index (χ4n) is 3.09. The lowest BCUT2D eigenvalue weighted by Crippen LogP contribution is -2.34. The van der Waals surface area contributed by atoms with Gasteiger partial charge in [-0.05, 0) is 32.2 Å². The zero-order valence-electron chi connectivity index (χ0n) is 13.7. The van der Waals surface area contributed by atoms with Crippen molar-refractivity contribution >= 4 is 0 Å². The summed E-state index contributed by atoms with van der Waals surface area (Å²) in [5.74, 6) is 4.30. The van der Waals surface area contributed by atoms with E-state index < -0.39 is 0 Å². The Labute approximate surface area is 135 Å². The van der Waals surface area contributed by atoms with Crippen molar-refractivity contribution in [3.8, 4) is 0 Å². The zero-order chi connectivity index (χ0) is 15.8. The second-order valence-electron chi connectivity index (χ2n) is 7.04. The molecule has 0 N–H and O–H groups in total. The second-order valence-corrected chi connectivity index (χ2v) is 7.04. The summed E-state index contributed by atoms with van der Waals surface area (Å²) in [6.07, 6.45) is 4.62. The predicted molar refractivity (Wildman–Crippen MR) is 81.9 cm³/mol. The van der Waals surface area contributed by atoms with Crippen LogP contribution in [0.5, 0.6) is 0 Å². The Bertz CT molecular complexity index is 661. The maximum atomic E-state index is 5.41. The van der Waals surface area contributed by atoms with E-state index in [0.29, 0.717) is 17.7 Å². The summed E-state index contributed by atoms with van der Waals surface area (Å²) in [6.45, 7) is 6.81. The summed E-state index contributed by atoms with van der Waals surface area (Å²) < 4.78 is 10.7. The van der Waals surface area contributed by atoms with Crippen molar-refractivity contribution in [2.24, 2.45) is 0 Å². The van der Waals surface area contributed by atoms with Crippen molar-refractivity contribution < 1.29 is 9.05 Å². The van der Waals surface area contributed by atoms with E-state index in [4.69, 9.17) is 9.05 Å². The molecule has 0 bridgehead atoms. The first kappa shape index (κ1) is 14.8. The van der Waals surface area contributed by atoms with Crippen LogP contribution < -0.4 is 0 Å². The van der Waals surface area contributed by atoms with Gasteiger partial charge in [0.1, 0.15) is 0 Å². The van der Waals surface area contributed by atoms with Crippen molar-refractivity contribution in [3.63, 3.8) is 0 Å². The summed E-state index contributed by atoms with van der Waals surface area (Å²) in [5.41, 5.74) is 0. The van der Waals surface area contributed by atoms with E-state index >= 15 is 0 Å². The van der Waals surface area contributed by atoms with Gasteiger partial charge in [-0.15, -0.1) is 0 Å². The van der Waals surface area contributed by atoms with Gasteiger partial charge in [-0.3, -0.25) is 4.90 Å². The molecule has 2 fully saturated rings. The van der Waals surface area contributed by atoms with Crippen molar-refractivity contribution in [2.75, 3.05) is 13.1 Å². The smallest absolute Gasteiger partial charge is 0.229 e. The van der Waals surface area contributed by atoms with E-state index in [1.54, 1.807) is 0 Å². The van der Waals surface area contributed by atoms with Crippen LogP contribution in [-0.4, -0.2) is 38.3 Å². The third-order valence-electron chi connectivity index (χ3n) is 4.60. The van der Waals surface area contributed by atoms with Crippen molar-refractivity contribution in [2.45, 2.75) is 63.8 Å². The van der Waals surface area contributed by atoms with Gasteiger partial charge in [0, 0.05) is 24.3 Å². The Balaban J connectivity index is 1.39. The quantitative estimate of drug-likeness (QED) is 0.838. The lowest BCUT2D eigenvalue weighted by Gasteiger charge is -2.30. The summed E-state index contributed by atoms with van der Waals surface area (Å²) in [4.78, 5) is 11.4. The molecule has 3 heterocycles. The maximum Gasteiger partial charge on any atom is 0.229 e. The minimum Gasteiger partial charge on any atom is -0.339 e. The summed E-state index contributed by atoms with van der Waals surface area (Å²) in [6, 6.07) is 0. The molecule has 0 amide bonds. The van der Waals surface area contributed by atoms with Crippen LogP contribution in [0.3, 0.4) is 0 Å². The highest BCUT2D eigenvalue weighted by atomic mass is 16.5.